The summed E-state index contributed by atoms with van der Waals surface area (Å²) in [6.45, 7) is 2.43. The molecule has 1 aliphatic heterocycles. The van der Waals surface area contributed by atoms with Crippen molar-refractivity contribution < 1.29 is 9.59 Å². The molecule has 35 heavy (non-hydrogen) atoms. The van der Waals surface area contributed by atoms with E-state index >= 15 is 0 Å². The third kappa shape index (κ3) is 4.39. The van der Waals surface area contributed by atoms with Crippen LogP contribution in [0.2, 0.25) is 0 Å². The lowest BCUT2D eigenvalue weighted by molar-refractivity contribution is 0.0933. The molecule has 8 nitrogen and oxygen atoms in total. The van der Waals surface area contributed by atoms with Gasteiger partial charge in [0.1, 0.15) is 5.69 Å². The Morgan fingerprint density at radius 3 is 2.69 bits per heavy atom. The number of nitrogens with zero attached hydrogens (tertiary/aromatic N) is 5. The molecule has 0 saturated heterocycles. The van der Waals surface area contributed by atoms with Crippen LogP contribution >= 0.6 is 0 Å². The van der Waals surface area contributed by atoms with Crippen LogP contribution in [0.25, 0.3) is 0 Å². The summed E-state index contributed by atoms with van der Waals surface area (Å²) in [5.41, 5.74) is 4.34. The highest BCUT2D eigenvalue weighted by atomic mass is 16.2. The first-order valence-electron chi connectivity index (χ1n) is 11.2. The van der Waals surface area contributed by atoms with Crippen molar-refractivity contribution in [3.05, 3.63) is 107 Å². The average molecular weight is 463 g/mol. The lowest BCUT2D eigenvalue weighted by atomic mass is 10.0. The number of amides is 2. The van der Waals surface area contributed by atoms with Gasteiger partial charge in [0.15, 0.2) is 0 Å². The molecule has 1 atom stereocenters. The number of hydrogen-bond acceptors (Lipinski definition) is 5. The number of nitriles is 1. The molecule has 1 N–H and O–H groups in total. The Morgan fingerprint density at radius 1 is 1.11 bits per heavy atom. The van der Waals surface area contributed by atoms with E-state index in [9.17, 15) is 9.59 Å². The third-order valence-electron chi connectivity index (χ3n) is 5.98. The Morgan fingerprint density at radius 2 is 1.94 bits per heavy atom. The van der Waals surface area contributed by atoms with Crippen molar-refractivity contribution in [3.63, 3.8) is 0 Å². The van der Waals surface area contributed by atoms with Gasteiger partial charge in [-0.15, -0.1) is 0 Å². The molecule has 0 spiro atoms. The molecule has 2 aromatic heterocycles. The monoisotopic (exact) mass is 462 g/mol. The first-order valence-corrected chi connectivity index (χ1v) is 11.2. The van der Waals surface area contributed by atoms with E-state index in [4.69, 9.17) is 5.26 Å². The van der Waals surface area contributed by atoms with Gasteiger partial charge in [-0.25, -0.2) is 0 Å². The minimum atomic E-state index is -0.448. The molecule has 0 radical (unpaired) electrons. The number of fused-ring (bicyclic) bond motifs is 1. The molecule has 2 amide bonds. The fraction of sp³-hybridized carbons (Fsp3) is 0.148. The maximum absolute atomic E-state index is 13.6. The fourth-order valence-corrected chi connectivity index (χ4v) is 4.31. The molecule has 1 unspecified atom stereocenters. The first kappa shape index (κ1) is 22.0. The fourth-order valence-electron chi connectivity index (χ4n) is 4.31. The van der Waals surface area contributed by atoms with Gasteiger partial charge in [-0.1, -0.05) is 24.3 Å². The zero-order valence-electron chi connectivity index (χ0n) is 19.0. The molecule has 172 valence electrons. The molecule has 4 aromatic rings. The van der Waals surface area contributed by atoms with Gasteiger partial charge in [0, 0.05) is 23.8 Å². The molecular weight excluding hydrogens is 440 g/mol. The van der Waals surface area contributed by atoms with Crippen LogP contribution in [0, 0.1) is 11.3 Å². The van der Waals surface area contributed by atoms with Crippen LogP contribution < -0.4 is 10.2 Å². The number of hydrogen-bond donors (Lipinski definition) is 1. The summed E-state index contributed by atoms with van der Waals surface area (Å²) in [4.78, 5) is 32.5. The lowest BCUT2D eigenvalue weighted by Crippen LogP contribution is -2.47. The number of anilines is 2. The molecule has 0 saturated carbocycles. The summed E-state index contributed by atoms with van der Waals surface area (Å²) < 4.78 is 1.58. The molecule has 0 bridgehead atoms. The Hall–Kier alpha value is -4.77. The molecule has 0 fully saturated rings. The maximum Gasteiger partial charge on any atom is 0.277 e. The highest BCUT2D eigenvalue weighted by molar-refractivity contribution is 6.15. The third-order valence-corrected chi connectivity index (χ3v) is 5.98. The smallest absolute Gasteiger partial charge is 0.277 e. The number of benzene rings is 2. The largest absolute Gasteiger partial charge is 0.322 e. The van der Waals surface area contributed by atoms with Crippen molar-refractivity contribution in [2.75, 3.05) is 10.2 Å². The second kappa shape index (κ2) is 9.23. The van der Waals surface area contributed by atoms with Crippen LogP contribution in [0.1, 0.15) is 44.5 Å². The van der Waals surface area contributed by atoms with Gasteiger partial charge < -0.3 is 10.2 Å². The van der Waals surface area contributed by atoms with Crippen molar-refractivity contribution in [1.82, 2.24) is 14.8 Å². The number of rotatable bonds is 5. The van der Waals surface area contributed by atoms with Crippen molar-refractivity contribution in [2.24, 2.45) is 0 Å². The molecular formula is C27H22N6O2. The van der Waals surface area contributed by atoms with E-state index in [0.717, 1.165) is 23.2 Å². The Kier molecular flexibility index (Phi) is 5.81. The molecule has 1 aliphatic rings. The van der Waals surface area contributed by atoms with Crippen molar-refractivity contribution >= 4 is 23.2 Å². The molecule has 0 aliphatic carbocycles. The van der Waals surface area contributed by atoms with E-state index in [1.807, 2.05) is 55.6 Å². The Bertz CT molecular complexity index is 1440. The normalized spacial score (nSPS) is 14.8. The van der Waals surface area contributed by atoms with Gasteiger partial charge in [-0.2, -0.15) is 10.4 Å². The summed E-state index contributed by atoms with van der Waals surface area (Å²) in [5, 5.41) is 16.2. The summed E-state index contributed by atoms with van der Waals surface area (Å²) in [7, 11) is 0. The van der Waals surface area contributed by atoms with Crippen LogP contribution in [-0.2, 0) is 13.0 Å². The number of aromatic nitrogens is 3. The number of nitrogens with one attached hydrogen (secondary N) is 1. The highest BCUT2D eigenvalue weighted by Crippen LogP contribution is 2.28. The number of carbonyl (C=O) groups excluding carboxylic acids is 2. The van der Waals surface area contributed by atoms with Crippen molar-refractivity contribution in [3.8, 4) is 6.07 Å². The zero-order chi connectivity index (χ0) is 24.4. The van der Waals surface area contributed by atoms with Crippen LogP contribution in [0.3, 0.4) is 0 Å². The van der Waals surface area contributed by atoms with Crippen molar-refractivity contribution in [1.29, 1.82) is 5.26 Å². The van der Waals surface area contributed by atoms with Gasteiger partial charge in [-0.3, -0.25) is 19.3 Å². The highest BCUT2D eigenvalue weighted by Gasteiger charge is 2.35. The van der Waals surface area contributed by atoms with E-state index in [1.165, 1.54) is 6.20 Å². The maximum atomic E-state index is 13.6. The second-order valence-electron chi connectivity index (χ2n) is 8.46. The molecule has 5 rings (SSSR count). The number of carbonyl (C=O) groups is 2. The second-order valence-corrected chi connectivity index (χ2v) is 8.46. The van der Waals surface area contributed by atoms with E-state index < -0.39 is 5.91 Å². The predicted molar refractivity (Wildman–Crippen MR) is 131 cm³/mol. The minimum absolute atomic E-state index is 0.137. The van der Waals surface area contributed by atoms with Gasteiger partial charge in [0.2, 0.25) is 0 Å². The number of pyridine rings is 1. The Labute approximate surface area is 202 Å². The summed E-state index contributed by atoms with van der Waals surface area (Å²) in [6, 6.07) is 20.3. The average Bonchev–Trinajstić information content (AvgIpc) is 3.30. The zero-order valence-corrected chi connectivity index (χ0v) is 19.0. The van der Waals surface area contributed by atoms with Gasteiger partial charge in [-0.05, 0) is 60.9 Å². The summed E-state index contributed by atoms with van der Waals surface area (Å²) in [6.07, 6.45) is 5.76. The summed E-state index contributed by atoms with van der Waals surface area (Å²) >= 11 is 0. The standard InChI is InChI=1S/C27H22N6O2/c1-18-17-32-25(24(16-30-32)26(34)31-22-6-2-4-20(13-22)14-28)27(35)33(18)23-9-7-19(8-10-23)12-21-5-3-11-29-15-21/h2-11,13,15-16,18H,12,17H2,1H3,(H,31,34). The summed E-state index contributed by atoms with van der Waals surface area (Å²) in [5.74, 6) is -0.729. The van der Waals surface area contributed by atoms with Crippen molar-refractivity contribution in [2.45, 2.75) is 25.9 Å². The first-order chi connectivity index (χ1) is 17.0. The van der Waals surface area contributed by atoms with Crippen LogP contribution in [-0.4, -0.2) is 32.6 Å². The van der Waals surface area contributed by atoms with E-state index in [2.05, 4.69) is 15.4 Å². The van der Waals surface area contributed by atoms with Crippen LogP contribution in [0.15, 0.2) is 79.3 Å². The van der Waals surface area contributed by atoms with Gasteiger partial charge in [0.25, 0.3) is 11.8 Å². The Balaban J connectivity index is 1.38. The minimum Gasteiger partial charge on any atom is -0.322 e. The quantitative estimate of drug-likeness (QED) is 0.482. The van der Waals surface area contributed by atoms with Crippen LogP contribution in [0.5, 0.6) is 0 Å². The van der Waals surface area contributed by atoms with Gasteiger partial charge in [0.05, 0.1) is 36.0 Å². The molecule has 2 aromatic carbocycles. The van der Waals surface area contributed by atoms with Gasteiger partial charge >= 0.3 is 0 Å². The predicted octanol–water partition coefficient (Wildman–Crippen LogP) is 4.04. The van der Waals surface area contributed by atoms with Crippen LogP contribution in [0.4, 0.5) is 11.4 Å². The van der Waals surface area contributed by atoms with E-state index in [1.54, 1.807) is 40.0 Å². The topological polar surface area (TPSA) is 104 Å². The SMILES string of the molecule is CC1Cn2ncc(C(=O)Nc3cccc(C#N)c3)c2C(=O)N1c1ccc(Cc2cccnc2)cc1. The van der Waals surface area contributed by atoms with E-state index in [-0.39, 0.29) is 23.2 Å². The molecule has 8 heteroatoms. The lowest BCUT2D eigenvalue weighted by Gasteiger charge is -2.34. The van der Waals surface area contributed by atoms with E-state index in [0.29, 0.717) is 17.8 Å². The molecule has 3 heterocycles.